The van der Waals surface area contributed by atoms with Crippen molar-refractivity contribution in [2.24, 2.45) is 0 Å². The van der Waals surface area contributed by atoms with Gasteiger partial charge in [-0.15, -0.1) is 0 Å². The van der Waals surface area contributed by atoms with Crippen molar-refractivity contribution >= 4 is 13.9 Å². The molecule has 2 aromatic carbocycles. The Labute approximate surface area is 198 Å². The molecule has 32 heavy (non-hydrogen) atoms. The Bertz CT molecular complexity index is 888. The van der Waals surface area contributed by atoms with E-state index in [1.165, 1.54) is 46.0 Å². The molecule has 1 N–H and O–H groups in total. The Morgan fingerprint density at radius 2 is 1.75 bits per heavy atom. The highest BCUT2D eigenvalue weighted by Gasteiger charge is 2.33. The smallest absolute Gasteiger partial charge is 0.188 e. The minimum atomic E-state index is -0.0111. The topological polar surface area (TPSA) is 30.5 Å². The monoisotopic (exact) mass is 457 g/mol. The highest BCUT2D eigenvalue weighted by atomic mass is 31.1. The molecule has 2 aromatic rings. The fraction of sp³-hybridized carbons (Fsp3) is 0.571. The number of hydrogen-bond donors (Lipinski definition) is 1. The zero-order valence-electron chi connectivity index (χ0n) is 21.7. The second kappa shape index (κ2) is 11.6. The second-order valence-corrected chi connectivity index (χ2v) is 12.1. The average Bonchev–Trinajstić information content (AvgIpc) is 2.72. The van der Waals surface area contributed by atoms with Gasteiger partial charge in [0, 0.05) is 24.4 Å². The van der Waals surface area contributed by atoms with E-state index in [0.717, 1.165) is 18.7 Å². The van der Waals surface area contributed by atoms with Crippen LogP contribution in [0.5, 0.6) is 5.75 Å². The molecule has 4 heteroatoms. The quantitative estimate of drug-likeness (QED) is 0.300. The van der Waals surface area contributed by atoms with Crippen LogP contribution in [0.1, 0.15) is 81.7 Å². The largest absolute Gasteiger partial charge is 0.467 e. The lowest BCUT2D eigenvalue weighted by Gasteiger charge is -2.35. The third-order valence-electron chi connectivity index (χ3n) is 6.13. The molecule has 0 heterocycles. The van der Waals surface area contributed by atoms with E-state index in [9.17, 15) is 0 Å². The zero-order valence-corrected chi connectivity index (χ0v) is 22.7. The van der Waals surface area contributed by atoms with Crippen molar-refractivity contribution in [3.05, 3.63) is 58.1 Å². The zero-order chi connectivity index (χ0) is 23.9. The molecular formula is C28H44NO2P. The van der Waals surface area contributed by atoms with Gasteiger partial charge in [0.15, 0.2) is 6.79 Å². The molecule has 2 unspecified atom stereocenters. The van der Waals surface area contributed by atoms with Crippen LogP contribution in [0.25, 0.3) is 0 Å². The molecular weight excluding hydrogens is 413 g/mol. The molecule has 178 valence electrons. The maximum atomic E-state index is 6.22. The van der Waals surface area contributed by atoms with Gasteiger partial charge in [0.05, 0.1) is 0 Å². The van der Waals surface area contributed by atoms with Crippen LogP contribution in [0.4, 0.5) is 0 Å². The van der Waals surface area contributed by atoms with Crippen LogP contribution in [0.2, 0.25) is 0 Å². The summed E-state index contributed by atoms with van der Waals surface area (Å²) in [4.78, 5) is 0. The molecule has 0 fully saturated rings. The summed E-state index contributed by atoms with van der Waals surface area (Å²) in [7, 11) is 4.37. The van der Waals surface area contributed by atoms with E-state index in [1.54, 1.807) is 7.11 Å². The third-order valence-corrected chi connectivity index (χ3v) is 7.95. The van der Waals surface area contributed by atoms with Crippen LogP contribution in [0.15, 0.2) is 30.3 Å². The minimum absolute atomic E-state index is 0.0111. The molecule has 2 atom stereocenters. The Kier molecular flexibility index (Phi) is 9.76. The molecule has 0 bridgehead atoms. The van der Waals surface area contributed by atoms with Crippen LogP contribution in [0, 0.1) is 13.8 Å². The third kappa shape index (κ3) is 6.80. The van der Waals surface area contributed by atoms with Crippen LogP contribution >= 0.6 is 8.58 Å². The van der Waals surface area contributed by atoms with Gasteiger partial charge in [-0.1, -0.05) is 91.9 Å². The lowest BCUT2D eigenvalue weighted by Crippen LogP contribution is -2.25. The fourth-order valence-electron chi connectivity index (χ4n) is 4.20. The summed E-state index contributed by atoms with van der Waals surface area (Å²) < 4.78 is 11.5. The van der Waals surface area contributed by atoms with Gasteiger partial charge in [-0.3, -0.25) is 0 Å². The Balaban J connectivity index is 2.68. The molecule has 0 radical (unpaired) electrons. The van der Waals surface area contributed by atoms with E-state index in [4.69, 9.17) is 9.47 Å². The van der Waals surface area contributed by atoms with Crippen molar-refractivity contribution in [1.82, 2.24) is 5.32 Å². The van der Waals surface area contributed by atoms with Gasteiger partial charge in [-0.2, -0.15) is 0 Å². The lowest BCUT2D eigenvalue weighted by atomic mass is 9.82. The normalized spacial score (nSPS) is 14.2. The van der Waals surface area contributed by atoms with Crippen molar-refractivity contribution in [3.8, 4) is 5.75 Å². The second-order valence-electron chi connectivity index (χ2n) is 10.2. The van der Waals surface area contributed by atoms with Gasteiger partial charge in [0.1, 0.15) is 5.75 Å². The standard InChI is InChI=1S/C28H44NO2P/c1-10-11-14-28(7,32-25-13-12-20(2)15-22(25)18-29-8)24-17-23(27(4,5)6)16-21(3)26(24)31-19-30-9/h12-13,15-17,29,32H,10-11,14,18-19H2,1-9H3. The lowest BCUT2D eigenvalue weighted by molar-refractivity contribution is 0.0495. The van der Waals surface area contributed by atoms with E-state index in [-0.39, 0.29) is 17.4 Å². The Morgan fingerprint density at radius 3 is 2.34 bits per heavy atom. The maximum Gasteiger partial charge on any atom is 0.188 e. The summed E-state index contributed by atoms with van der Waals surface area (Å²) in [6.07, 6.45) is 3.51. The molecule has 3 nitrogen and oxygen atoms in total. The summed E-state index contributed by atoms with van der Waals surface area (Å²) in [5.74, 6) is 0.994. The summed E-state index contributed by atoms with van der Waals surface area (Å²) in [6, 6.07) is 11.6. The first-order valence-corrected chi connectivity index (χ1v) is 12.9. The van der Waals surface area contributed by atoms with E-state index < -0.39 is 0 Å². The van der Waals surface area contributed by atoms with Crippen molar-refractivity contribution in [2.45, 2.75) is 84.8 Å². The predicted molar refractivity (Wildman–Crippen MR) is 141 cm³/mol. The van der Waals surface area contributed by atoms with Gasteiger partial charge in [-0.05, 0) is 54.7 Å². The number of methoxy groups -OCH3 is 1. The van der Waals surface area contributed by atoms with Crippen molar-refractivity contribution < 1.29 is 9.47 Å². The van der Waals surface area contributed by atoms with Gasteiger partial charge < -0.3 is 14.8 Å². The molecule has 0 aliphatic carbocycles. The summed E-state index contributed by atoms with van der Waals surface area (Å²) in [5, 5.41) is 4.79. The summed E-state index contributed by atoms with van der Waals surface area (Å²) >= 11 is 0. The predicted octanol–water partition coefficient (Wildman–Crippen LogP) is 6.71. The van der Waals surface area contributed by atoms with E-state index in [0.29, 0.717) is 8.58 Å². The number of ether oxygens (including phenoxy) is 2. The van der Waals surface area contributed by atoms with E-state index in [1.807, 2.05) is 7.05 Å². The minimum Gasteiger partial charge on any atom is -0.467 e. The number of unbranched alkanes of at least 4 members (excludes halogenated alkanes) is 1. The number of benzene rings is 2. The maximum absolute atomic E-state index is 6.22. The van der Waals surface area contributed by atoms with Gasteiger partial charge in [0.25, 0.3) is 0 Å². The molecule has 0 saturated carbocycles. The highest BCUT2D eigenvalue weighted by Crippen LogP contribution is 2.50. The number of aryl methyl sites for hydroxylation is 2. The molecule has 0 spiro atoms. The molecule has 0 saturated heterocycles. The molecule has 0 aliphatic rings. The van der Waals surface area contributed by atoms with Gasteiger partial charge in [-0.25, -0.2) is 0 Å². The van der Waals surface area contributed by atoms with Crippen molar-refractivity contribution in [3.63, 3.8) is 0 Å². The summed E-state index contributed by atoms with van der Waals surface area (Å²) in [6.45, 7) is 17.1. The number of rotatable bonds is 11. The van der Waals surface area contributed by atoms with E-state index >= 15 is 0 Å². The first-order valence-electron chi connectivity index (χ1n) is 11.9. The van der Waals surface area contributed by atoms with E-state index in [2.05, 4.69) is 84.1 Å². The first-order chi connectivity index (χ1) is 15.1. The van der Waals surface area contributed by atoms with Gasteiger partial charge >= 0.3 is 0 Å². The first kappa shape index (κ1) is 26.8. The molecule has 0 amide bonds. The van der Waals surface area contributed by atoms with Crippen LogP contribution in [0.3, 0.4) is 0 Å². The fourth-order valence-corrected chi connectivity index (χ4v) is 5.90. The summed E-state index contributed by atoms with van der Waals surface area (Å²) in [5.41, 5.74) is 6.67. The van der Waals surface area contributed by atoms with Crippen molar-refractivity contribution in [2.75, 3.05) is 21.0 Å². The van der Waals surface area contributed by atoms with Gasteiger partial charge in [0.2, 0.25) is 0 Å². The number of nitrogens with one attached hydrogen (secondary N) is 1. The number of hydrogen-bond acceptors (Lipinski definition) is 3. The SMILES string of the molecule is CCCCC(C)(Pc1ccc(C)cc1CNC)c1cc(C(C)(C)C)cc(C)c1OCOC. The van der Waals surface area contributed by atoms with Crippen molar-refractivity contribution in [1.29, 1.82) is 0 Å². The Hall–Kier alpha value is -1.41. The average molecular weight is 458 g/mol. The Morgan fingerprint density at radius 1 is 1.03 bits per heavy atom. The van der Waals surface area contributed by atoms with Crippen LogP contribution < -0.4 is 15.4 Å². The van der Waals surface area contributed by atoms with Crippen LogP contribution in [-0.4, -0.2) is 21.0 Å². The molecule has 0 aliphatic heterocycles. The van der Waals surface area contributed by atoms with Crippen LogP contribution in [-0.2, 0) is 21.9 Å². The molecule has 2 rings (SSSR count). The molecule has 0 aromatic heterocycles. The highest BCUT2D eigenvalue weighted by molar-refractivity contribution is 7.48.